The van der Waals surface area contributed by atoms with Crippen LogP contribution in [0.25, 0.3) is 0 Å². The second-order valence-corrected chi connectivity index (χ2v) is 5.61. The SMILES string of the molecule is COc1ccc(C(=O)N2CC(OC)CC2C(=O)O)cc1Br. The predicted molar refractivity (Wildman–Crippen MR) is 78.6 cm³/mol. The summed E-state index contributed by atoms with van der Waals surface area (Å²) < 4.78 is 10.9. The summed E-state index contributed by atoms with van der Waals surface area (Å²) >= 11 is 3.32. The van der Waals surface area contributed by atoms with Crippen molar-refractivity contribution >= 4 is 27.8 Å². The third kappa shape index (κ3) is 3.19. The lowest BCUT2D eigenvalue weighted by molar-refractivity contribution is -0.141. The van der Waals surface area contributed by atoms with Gasteiger partial charge in [-0.3, -0.25) is 4.79 Å². The molecule has 1 aromatic carbocycles. The molecular weight excluding hydrogens is 342 g/mol. The van der Waals surface area contributed by atoms with E-state index in [4.69, 9.17) is 9.47 Å². The Balaban J connectivity index is 2.25. The van der Waals surface area contributed by atoms with Gasteiger partial charge in [0.05, 0.1) is 17.7 Å². The van der Waals surface area contributed by atoms with Gasteiger partial charge in [-0.1, -0.05) is 0 Å². The number of carboxylic acid groups (broad SMARTS) is 1. The fraction of sp³-hybridized carbons (Fsp3) is 0.429. The number of carbonyl (C=O) groups is 2. The van der Waals surface area contributed by atoms with Gasteiger partial charge in [0.1, 0.15) is 11.8 Å². The van der Waals surface area contributed by atoms with Gasteiger partial charge in [0.25, 0.3) is 5.91 Å². The fourth-order valence-electron chi connectivity index (χ4n) is 2.39. The number of hydrogen-bond acceptors (Lipinski definition) is 4. The summed E-state index contributed by atoms with van der Waals surface area (Å²) in [5.41, 5.74) is 0.408. The van der Waals surface area contributed by atoms with Crippen LogP contribution in [0.4, 0.5) is 0 Å². The summed E-state index contributed by atoms with van der Waals surface area (Å²) in [5.74, 6) is -0.738. The third-order valence-corrected chi connectivity index (χ3v) is 4.16. The van der Waals surface area contributed by atoms with Crippen molar-refractivity contribution in [1.82, 2.24) is 4.90 Å². The van der Waals surface area contributed by atoms with Crippen molar-refractivity contribution in [1.29, 1.82) is 0 Å². The Morgan fingerprint density at radius 1 is 1.38 bits per heavy atom. The van der Waals surface area contributed by atoms with Crippen molar-refractivity contribution in [2.75, 3.05) is 20.8 Å². The Morgan fingerprint density at radius 2 is 2.10 bits per heavy atom. The lowest BCUT2D eigenvalue weighted by Crippen LogP contribution is -2.40. The minimum Gasteiger partial charge on any atom is -0.496 e. The maximum absolute atomic E-state index is 12.5. The Morgan fingerprint density at radius 3 is 2.62 bits per heavy atom. The van der Waals surface area contributed by atoms with Crippen molar-refractivity contribution in [3.8, 4) is 5.75 Å². The van der Waals surface area contributed by atoms with E-state index in [0.29, 0.717) is 22.2 Å². The van der Waals surface area contributed by atoms with Crippen LogP contribution in [-0.4, -0.2) is 54.8 Å². The minimum absolute atomic E-state index is 0.253. The highest BCUT2D eigenvalue weighted by Gasteiger charge is 2.40. The predicted octanol–water partition coefficient (Wildman–Crippen LogP) is 1.77. The number of likely N-dealkylation sites (tertiary alicyclic amines) is 1. The number of benzene rings is 1. The number of ether oxygens (including phenoxy) is 2. The summed E-state index contributed by atoms with van der Waals surface area (Å²) in [4.78, 5) is 25.2. The van der Waals surface area contributed by atoms with E-state index in [2.05, 4.69) is 15.9 Å². The second kappa shape index (κ2) is 6.44. The molecule has 0 spiro atoms. The molecule has 1 aliphatic rings. The zero-order chi connectivity index (χ0) is 15.6. The molecule has 21 heavy (non-hydrogen) atoms. The first-order valence-corrected chi connectivity index (χ1v) is 7.17. The molecular formula is C14H16BrNO5. The molecule has 0 saturated carbocycles. The molecule has 7 heteroatoms. The van der Waals surface area contributed by atoms with Gasteiger partial charge in [0.2, 0.25) is 0 Å². The van der Waals surface area contributed by atoms with Gasteiger partial charge in [0.15, 0.2) is 0 Å². The first-order chi connectivity index (χ1) is 9.97. The van der Waals surface area contributed by atoms with Gasteiger partial charge in [-0.05, 0) is 34.1 Å². The number of aliphatic carboxylic acids is 1. The molecule has 2 rings (SSSR count). The Hall–Kier alpha value is -1.60. The highest BCUT2D eigenvalue weighted by atomic mass is 79.9. The molecule has 1 heterocycles. The molecule has 1 amide bonds. The second-order valence-electron chi connectivity index (χ2n) is 4.75. The number of nitrogens with zero attached hydrogens (tertiary/aromatic N) is 1. The summed E-state index contributed by atoms with van der Waals surface area (Å²) in [6.07, 6.45) is 0.0475. The average Bonchev–Trinajstić information content (AvgIpc) is 2.90. The molecule has 0 bridgehead atoms. The van der Waals surface area contributed by atoms with E-state index in [9.17, 15) is 14.7 Å². The Bertz CT molecular complexity index is 562. The minimum atomic E-state index is -1.02. The lowest BCUT2D eigenvalue weighted by Gasteiger charge is -2.21. The normalized spacial score (nSPS) is 21.4. The molecule has 0 aromatic heterocycles. The van der Waals surface area contributed by atoms with Crippen LogP contribution in [0.3, 0.4) is 0 Å². The molecule has 2 atom stereocenters. The average molecular weight is 358 g/mol. The quantitative estimate of drug-likeness (QED) is 0.888. The first kappa shape index (κ1) is 15.8. The molecule has 0 radical (unpaired) electrons. The van der Waals surface area contributed by atoms with E-state index in [1.54, 1.807) is 18.2 Å². The number of methoxy groups -OCH3 is 2. The molecule has 1 saturated heterocycles. The molecule has 0 aliphatic carbocycles. The number of rotatable bonds is 4. The molecule has 6 nitrogen and oxygen atoms in total. The van der Waals surface area contributed by atoms with E-state index < -0.39 is 12.0 Å². The van der Waals surface area contributed by atoms with Crippen molar-refractivity contribution in [2.45, 2.75) is 18.6 Å². The highest BCUT2D eigenvalue weighted by molar-refractivity contribution is 9.10. The number of hydrogen-bond donors (Lipinski definition) is 1. The van der Waals surface area contributed by atoms with E-state index in [1.165, 1.54) is 19.1 Å². The number of carboxylic acids is 1. The van der Waals surface area contributed by atoms with Crippen LogP contribution in [0.1, 0.15) is 16.8 Å². The van der Waals surface area contributed by atoms with Gasteiger partial charge < -0.3 is 19.5 Å². The van der Waals surface area contributed by atoms with Crippen LogP contribution in [-0.2, 0) is 9.53 Å². The maximum Gasteiger partial charge on any atom is 0.326 e. The maximum atomic E-state index is 12.5. The van der Waals surface area contributed by atoms with Crippen LogP contribution in [0, 0.1) is 0 Å². The van der Waals surface area contributed by atoms with E-state index >= 15 is 0 Å². The van der Waals surface area contributed by atoms with Crippen molar-refractivity contribution in [2.24, 2.45) is 0 Å². The van der Waals surface area contributed by atoms with Gasteiger partial charge >= 0.3 is 5.97 Å². The van der Waals surface area contributed by atoms with Crippen LogP contribution in [0.5, 0.6) is 5.75 Å². The van der Waals surface area contributed by atoms with E-state index in [-0.39, 0.29) is 18.6 Å². The summed E-state index contributed by atoms with van der Waals surface area (Å²) in [6.45, 7) is 0.274. The van der Waals surface area contributed by atoms with Gasteiger partial charge in [-0.15, -0.1) is 0 Å². The zero-order valence-corrected chi connectivity index (χ0v) is 13.3. The zero-order valence-electron chi connectivity index (χ0n) is 11.7. The largest absolute Gasteiger partial charge is 0.496 e. The number of halogens is 1. The topological polar surface area (TPSA) is 76.1 Å². The smallest absolute Gasteiger partial charge is 0.326 e. The van der Waals surface area contributed by atoms with Crippen molar-refractivity contribution in [3.63, 3.8) is 0 Å². The molecule has 2 unspecified atom stereocenters. The number of carbonyl (C=O) groups excluding carboxylic acids is 1. The fourth-order valence-corrected chi connectivity index (χ4v) is 2.93. The Labute approximate surface area is 130 Å². The monoisotopic (exact) mass is 357 g/mol. The summed E-state index contributed by atoms with van der Waals surface area (Å²) in [6, 6.07) is 4.05. The third-order valence-electron chi connectivity index (χ3n) is 3.54. The molecule has 114 valence electrons. The lowest BCUT2D eigenvalue weighted by atomic mass is 10.1. The highest BCUT2D eigenvalue weighted by Crippen LogP contribution is 2.28. The summed E-state index contributed by atoms with van der Waals surface area (Å²) in [5, 5.41) is 9.25. The van der Waals surface area contributed by atoms with Gasteiger partial charge in [0, 0.05) is 25.6 Å². The van der Waals surface area contributed by atoms with Gasteiger partial charge in [-0.25, -0.2) is 4.79 Å². The van der Waals surface area contributed by atoms with Crippen LogP contribution in [0.2, 0.25) is 0 Å². The Kier molecular flexibility index (Phi) is 4.84. The van der Waals surface area contributed by atoms with Crippen LogP contribution < -0.4 is 4.74 Å². The summed E-state index contributed by atoms with van der Waals surface area (Å²) in [7, 11) is 3.05. The first-order valence-electron chi connectivity index (χ1n) is 6.38. The standard InChI is InChI=1S/C14H16BrNO5/c1-20-9-6-11(14(18)19)16(7-9)13(17)8-3-4-12(21-2)10(15)5-8/h3-5,9,11H,6-7H2,1-2H3,(H,18,19). The molecule has 1 aromatic rings. The molecule has 1 aliphatic heterocycles. The number of amides is 1. The van der Waals surface area contributed by atoms with E-state index in [0.717, 1.165) is 0 Å². The molecule has 1 N–H and O–H groups in total. The van der Waals surface area contributed by atoms with Crippen molar-refractivity contribution in [3.05, 3.63) is 28.2 Å². The molecule has 1 fully saturated rings. The van der Waals surface area contributed by atoms with E-state index in [1.807, 2.05) is 0 Å². The van der Waals surface area contributed by atoms with Crippen molar-refractivity contribution < 1.29 is 24.2 Å². The van der Waals surface area contributed by atoms with Gasteiger partial charge in [-0.2, -0.15) is 0 Å². The van der Waals surface area contributed by atoms with Crippen LogP contribution in [0.15, 0.2) is 22.7 Å². The van der Waals surface area contributed by atoms with Crippen LogP contribution >= 0.6 is 15.9 Å².